The fraction of sp³-hybridized carbons (Fsp3) is 0.615. The van der Waals surface area contributed by atoms with Crippen molar-refractivity contribution in [2.24, 2.45) is 5.92 Å². The molecule has 1 fully saturated rings. The summed E-state index contributed by atoms with van der Waals surface area (Å²) in [4.78, 5) is 19.4. The van der Waals surface area contributed by atoms with Gasteiger partial charge < -0.3 is 10.2 Å². The first-order valence-electron chi connectivity index (χ1n) is 7.32. The summed E-state index contributed by atoms with van der Waals surface area (Å²) >= 11 is 0. The molecule has 21 heavy (non-hydrogen) atoms. The van der Waals surface area contributed by atoms with E-state index >= 15 is 0 Å². The van der Waals surface area contributed by atoms with Crippen LogP contribution in [0.25, 0.3) is 5.95 Å². The highest BCUT2D eigenvalue weighted by Gasteiger charge is 2.21. The smallest absolute Gasteiger partial charge is 0.258 e. The van der Waals surface area contributed by atoms with Crippen LogP contribution in [0.2, 0.25) is 0 Å². The lowest BCUT2D eigenvalue weighted by Crippen LogP contribution is -2.31. The molecule has 3 rings (SSSR count). The van der Waals surface area contributed by atoms with E-state index in [0.717, 1.165) is 19.0 Å². The van der Waals surface area contributed by atoms with Crippen LogP contribution in [0.15, 0.2) is 12.7 Å². The predicted molar refractivity (Wildman–Crippen MR) is 79.5 cm³/mol. The van der Waals surface area contributed by atoms with E-state index < -0.39 is 0 Å². The highest BCUT2D eigenvalue weighted by atomic mass is 15.4. The lowest BCUT2D eigenvalue weighted by atomic mass is 9.85. The average molecular weight is 288 g/mol. The van der Waals surface area contributed by atoms with Crippen LogP contribution in [0.5, 0.6) is 0 Å². The van der Waals surface area contributed by atoms with E-state index in [9.17, 15) is 0 Å². The van der Waals surface area contributed by atoms with Gasteiger partial charge in [-0.3, -0.25) is 0 Å². The monoisotopic (exact) mass is 288 g/mol. The number of nitrogens with one attached hydrogen (secondary N) is 1. The SMILES string of the molecule is CCNc1nc(N(C)CC2CCC2)nc(-n2cncn2)n1. The van der Waals surface area contributed by atoms with Crippen molar-refractivity contribution in [3.8, 4) is 5.95 Å². The van der Waals surface area contributed by atoms with E-state index in [1.165, 1.54) is 25.6 Å². The Balaban J connectivity index is 1.87. The normalized spacial score (nSPS) is 14.8. The summed E-state index contributed by atoms with van der Waals surface area (Å²) < 4.78 is 1.54. The Labute approximate surface area is 123 Å². The topological polar surface area (TPSA) is 84.7 Å². The van der Waals surface area contributed by atoms with E-state index in [1.807, 2.05) is 14.0 Å². The van der Waals surface area contributed by atoms with Gasteiger partial charge in [-0.15, -0.1) is 0 Å². The Hall–Kier alpha value is -2.25. The first-order valence-corrected chi connectivity index (χ1v) is 7.32. The molecule has 0 saturated heterocycles. The summed E-state index contributed by atoms with van der Waals surface area (Å²) in [6.07, 6.45) is 6.98. The molecule has 0 amide bonds. The van der Waals surface area contributed by atoms with Crippen molar-refractivity contribution in [3.63, 3.8) is 0 Å². The molecule has 0 bridgehead atoms. The fourth-order valence-corrected chi connectivity index (χ4v) is 2.32. The van der Waals surface area contributed by atoms with Gasteiger partial charge in [0.1, 0.15) is 12.7 Å². The maximum Gasteiger partial charge on any atom is 0.258 e. The van der Waals surface area contributed by atoms with Gasteiger partial charge in [0.2, 0.25) is 11.9 Å². The fourth-order valence-electron chi connectivity index (χ4n) is 2.32. The highest BCUT2D eigenvalue weighted by Crippen LogP contribution is 2.27. The minimum Gasteiger partial charge on any atom is -0.354 e. The molecular formula is C13H20N8. The first-order chi connectivity index (χ1) is 10.3. The van der Waals surface area contributed by atoms with Crippen LogP contribution in [-0.2, 0) is 0 Å². The quantitative estimate of drug-likeness (QED) is 0.852. The molecule has 0 unspecified atom stereocenters. The second-order valence-corrected chi connectivity index (χ2v) is 5.31. The summed E-state index contributed by atoms with van der Waals surface area (Å²) in [6, 6.07) is 0. The molecule has 2 aromatic rings. The van der Waals surface area contributed by atoms with Crippen LogP contribution < -0.4 is 10.2 Å². The van der Waals surface area contributed by atoms with E-state index in [2.05, 4.69) is 35.3 Å². The number of anilines is 2. The molecule has 1 saturated carbocycles. The van der Waals surface area contributed by atoms with E-state index in [0.29, 0.717) is 17.8 Å². The summed E-state index contributed by atoms with van der Waals surface area (Å²) in [5.74, 6) is 2.46. The van der Waals surface area contributed by atoms with Crippen molar-refractivity contribution >= 4 is 11.9 Å². The Kier molecular flexibility index (Phi) is 3.94. The molecule has 1 aliphatic carbocycles. The maximum absolute atomic E-state index is 4.49. The number of hydrogen-bond donors (Lipinski definition) is 1. The van der Waals surface area contributed by atoms with Gasteiger partial charge in [0.15, 0.2) is 0 Å². The van der Waals surface area contributed by atoms with Crippen molar-refractivity contribution in [1.82, 2.24) is 29.7 Å². The largest absolute Gasteiger partial charge is 0.354 e. The van der Waals surface area contributed by atoms with E-state index in [1.54, 1.807) is 11.0 Å². The highest BCUT2D eigenvalue weighted by molar-refractivity contribution is 5.39. The molecular weight excluding hydrogens is 268 g/mol. The lowest BCUT2D eigenvalue weighted by molar-refractivity contribution is 0.320. The third-order valence-electron chi connectivity index (χ3n) is 3.67. The number of nitrogens with zero attached hydrogens (tertiary/aromatic N) is 7. The van der Waals surface area contributed by atoms with Gasteiger partial charge in [-0.05, 0) is 25.7 Å². The second kappa shape index (κ2) is 6.02. The maximum atomic E-state index is 4.49. The van der Waals surface area contributed by atoms with Gasteiger partial charge in [-0.25, -0.2) is 4.98 Å². The number of hydrogen-bond acceptors (Lipinski definition) is 7. The van der Waals surface area contributed by atoms with E-state index in [-0.39, 0.29) is 0 Å². The molecule has 0 aliphatic heterocycles. The van der Waals surface area contributed by atoms with Gasteiger partial charge in [-0.1, -0.05) is 6.42 Å². The van der Waals surface area contributed by atoms with Crippen molar-refractivity contribution < 1.29 is 0 Å². The van der Waals surface area contributed by atoms with Crippen molar-refractivity contribution in [2.45, 2.75) is 26.2 Å². The minimum atomic E-state index is 0.480. The van der Waals surface area contributed by atoms with E-state index in [4.69, 9.17) is 0 Å². The standard InChI is InChI=1S/C13H20N8/c1-3-15-11-17-12(20(2)7-10-5-4-6-10)19-13(18-11)21-9-14-8-16-21/h8-10H,3-7H2,1-2H3,(H,15,17,18,19). The van der Waals surface area contributed by atoms with Crippen LogP contribution in [0, 0.1) is 5.92 Å². The molecule has 8 nitrogen and oxygen atoms in total. The third-order valence-corrected chi connectivity index (χ3v) is 3.67. The molecule has 0 atom stereocenters. The number of rotatable bonds is 6. The van der Waals surface area contributed by atoms with Crippen molar-refractivity contribution in [2.75, 3.05) is 30.4 Å². The van der Waals surface area contributed by atoms with Crippen LogP contribution in [0.1, 0.15) is 26.2 Å². The molecule has 1 N–H and O–H groups in total. The zero-order chi connectivity index (χ0) is 14.7. The van der Waals surface area contributed by atoms with Crippen LogP contribution in [-0.4, -0.2) is 49.9 Å². The molecule has 2 aromatic heterocycles. The lowest BCUT2D eigenvalue weighted by Gasteiger charge is -2.30. The third kappa shape index (κ3) is 3.09. The molecule has 8 heteroatoms. The predicted octanol–water partition coefficient (Wildman–Crippen LogP) is 1.12. The second-order valence-electron chi connectivity index (χ2n) is 5.31. The Morgan fingerprint density at radius 3 is 2.81 bits per heavy atom. The molecule has 1 aliphatic rings. The molecule has 0 aromatic carbocycles. The Morgan fingerprint density at radius 1 is 1.33 bits per heavy atom. The molecule has 0 spiro atoms. The summed E-state index contributed by atoms with van der Waals surface area (Å²) in [7, 11) is 2.02. The molecule has 112 valence electrons. The van der Waals surface area contributed by atoms with Gasteiger partial charge in [-0.2, -0.15) is 24.7 Å². The molecule has 0 radical (unpaired) electrons. The van der Waals surface area contributed by atoms with Crippen LogP contribution in [0.3, 0.4) is 0 Å². The van der Waals surface area contributed by atoms with Gasteiger partial charge in [0.25, 0.3) is 5.95 Å². The van der Waals surface area contributed by atoms with Crippen LogP contribution >= 0.6 is 0 Å². The van der Waals surface area contributed by atoms with Crippen molar-refractivity contribution in [1.29, 1.82) is 0 Å². The average Bonchev–Trinajstić information content (AvgIpc) is 2.97. The van der Waals surface area contributed by atoms with Gasteiger partial charge >= 0.3 is 0 Å². The van der Waals surface area contributed by atoms with Gasteiger partial charge in [0.05, 0.1) is 0 Å². The zero-order valence-corrected chi connectivity index (χ0v) is 12.4. The molecule has 2 heterocycles. The summed E-state index contributed by atoms with van der Waals surface area (Å²) in [6.45, 7) is 3.75. The van der Waals surface area contributed by atoms with Crippen LogP contribution in [0.4, 0.5) is 11.9 Å². The van der Waals surface area contributed by atoms with Gasteiger partial charge in [0, 0.05) is 20.1 Å². The van der Waals surface area contributed by atoms with Crippen molar-refractivity contribution in [3.05, 3.63) is 12.7 Å². The Morgan fingerprint density at radius 2 is 2.19 bits per heavy atom. The summed E-state index contributed by atoms with van der Waals surface area (Å²) in [5.41, 5.74) is 0. The summed E-state index contributed by atoms with van der Waals surface area (Å²) in [5, 5.41) is 7.22. The zero-order valence-electron chi connectivity index (χ0n) is 12.4. The first kappa shape index (κ1) is 13.7. The minimum absolute atomic E-state index is 0.480. The number of aromatic nitrogens is 6. The Bertz CT molecular complexity index is 578.